The van der Waals surface area contributed by atoms with E-state index in [0.717, 1.165) is 16.7 Å². The fourth-order valence-electron chi connectivity index (χ4n) is 3.85. The first kappa shape index (κ1) is 22.2. The average Bonchev–Trinajstić information content (AvgIpc) is 2.85. The molecule has 3 amide bonds. The molecule has 1 aromatic heterocycles. The molecule has 1 N–H and O–H groups in total. The number of anilines is 1. The van der Waals surface area contributed by atoms with E-state index in [4.69, 9.17) is 0 Å². The van der Waals surface area contributed by atoms with Gasteiger partial charge in [0.2, 0.25) is 11.8 Å². The van der Waals surface area contributed by atoms with Crippen molar-refractivity contribution in [2.75, 3.05) is 31.5 Å². The van der Waals surface area contributed by atoms with E-state index < -0.39 is 5.91 Å². The normalized spacial score (nSPS) is 13.5. The van der Waals surface area contributed by atoms with Gasteiger partial charge in [-0.3, -0.25) is 14.4 Å². The fraction of sp³-hybridized carbons (Fsp3) is 0.231. The Kier molecular flexibility index (Phi) is 6.78. The second-order valence-corrected chi connectivity index (χ2v) is 8.01. The molecule has 7 heteroatoms. The van der Waals surface area contributed by atoms with Gasteiger partial charge < -0.3 is 15.1 Å². The number of hydrogen-bond donors (Lipinski definition) is 1. The van der Waals surface area contributed by atoms with Gasteiger partial charge in [0.25, 0.3) is 5.91 Å². The van der Waals surface area contributed by atoms with Gasteiger partial charge in [0.1, 0.15) is 12.2 Å². The van der Waals surface area contributed by atoms with Gasteiger partial charge in [0.15, 0.2) is 0 Å². The molecule has 1 fully saturated rings. The maximum atomic E-state index is 12.7. The van der Waals surface area contributed by atoms with Crippen molar-refractivity contribution in [3.05, 3.63) is 84.1 Å². The summed E-state index contributed by atoms with van der Waals surface area (Å²) >= 11 is 0. The van der Waals surface area contributed by atoms with Crippen LogP contribution in [0.3, 0.4) is 0 Å². The van der Waals surface area contributed by atoms with E-state index in [2.05, 4.69) is 10.3 Å². The molecule has 0 atom stereocenters. The second kappa shape index (κ2) is 10.1. The van der Waals surface area contributed by atoms with E-state index in [1.165, 1.54) is 0 Å². The minimum absolute atomic E-state index is 0.0250. The van der Waals surface area contributed by atoms with Crippen LogP contribution in [0.15, 0.2) is 72.9 Å². The van der Waals surface area contributed by atoms with Crippen molar-refractivity contribution in [2.24, 2.45) is 0 Å². The number of aryl methyl sites for hydroxylation is 1. The zero-order valence-electron chi connectivity index (χ0n) is 18.5. The van der Waals surface area contributed by atoms with Crippen molar-refractivity contribution in [1.29, 1.82) is 0 Å². The number of benzene rings is 2. The van der Waals surface area contributed by atoms with Crippen molar-refractivity contribution >= 4 is 23.5 Å². The summed E-state index contributed by atoms with van der Waals surface area (Å²) in [5.74, 6) is -0.279. The monoisotopic (exact) mass is 442 g/mol. The van der Waals surface area contributed by atoms with Crippen LogP contribution in [0.1, 0.15) is 22.3 Å². The Labute approximate surface area is 193 Å². The molecule has 2 aromatic carbocycles. The molecule has 33 heavy (non-hydrogen) atoms. The van der Waals surface area contributed by atoms with Gasteiger partial charge in [-0.1, -0.05) is 48.5 Å². The topological polar surface area (TPSA) is 82.6 Å². The first-order valence-electron chi connectivity index (χ1n) is 11.0. The average molecular weight is 443 g/mol. The molecule has 1 aliphatic rings. The summed E-state index contributed by atoms with van der Waals surface area (Å²) in [6.45, 7) is 3.63. The van der Waals surface area contributed by atoms with Crippen molar-refractivity contribution in [2.45, 2.75) is 13.3 Å². The Balaban J connectivity index is 1.26. The molecule has 0 unspecified atom stereocenters. The van der Waals surface area contributed by atoms with Crippen LogP contribution in [0, 0.1) is 6.92 Å². The minimum Gasteiger partial charge on any atom is -0.339 e. The van der Waals surface area contributed by atoms with Gasteiger partial charge >= 0.3 is 0 Å². The maximum absolute atomic E-state index is 12.7. The van der Waals surface area contributed by atoms with E-state index in [-0.39, 0.29) is 18.2 Å². The highest BCUT2D eigenvalue weighted by Crippen LogP contribution is 2.19. The maximum Gasteiger partial charge on any atom is 0.254 e. The van der Waals surface area contributed by atoms with E-state index >= 15 is 0 Å². The Morgan fingerprint density at radius 1 is 0.818 bits per heavy atom. The third kappa shape index (κ3) is 5.44. The highest BCUT2D eigenvalue weighted by atomic mass is 16.2. The van der Waals surface area contributed by atoms with Crippen molar-refractivity contribution < 1.29 is 14.4 Å². The molecule has 7 nitrogen and oxygen atoms in total. The number of nitrogens with one attached hydrogen (secondary N) is 1. The van der Waals surface area contributed by atoms with Gasteiger partial charge in [-0.25, -0.2) is 4.98 Å². The predicted molar refractivity (Wildman–Crippen MR) is 127 cm³/mol. The van der Waals surface area contributed by atoms with Crippen LogP contribution in [0.5, 0.6) is 0 Å². The number of rotatable bonds is 5. The number of piperazine rings is 1. The van der Waals surface area contributed by atoms with Gasteiger partial charge in [0.05, 0.1) is 0 Å². The van der Waals surface area contributed by atoms with Crippen LogP contribution in [0.2, 0.25) is 0 Å². The van der Waals surface area contributed by atoms with Crippen LogP contribution < -0.4 is 5.32 Å². The van der Waals surface area contributed by atoms with Crippen molar-refractivity contribution in [3.63, 3.8) is 0 Å². The zero-order chi connectivity index (χ0) is 23.2. The molecule has 0 spiro atoms. The largest absolute Gasteiger partial charge is 0.339 e. The summed E-state index contributed by atoms with van der Waals surface area (Å²) in [5, 5.41) is 2.68. The lowest BCUT2D eigenvalue weighted by molar-refractivity contribution is -0.135. The molecule has 1 aliphatic heterocycles. The summed E-state index contributed by atoms with van der Waals surface area (Å²) in [6, 6.07) is 20.9. The molecule has 168 valence electrons. The zero-order valence-corrected chi connectivity index (χ0v) is 18.5. The summed E-state index contributed by atoms with van der Waals surface area (Å²) < 4.78 is 0. The number of carbonyl (C=O) groups excluding carboxylic acids is 3. The lowest BCUT2D eigenvalue weighted by Crippen LogP contribution is -2.51. The van der Waals surface area contributed by atoms with Crippen LogP contribution in [0.4, 0.5) is 5.82 Å². The third-order valence-electron chi connectivity index (χ3n) is 5.74. The first-order chi connectivity index (χ1) is 16.0. The number of amides is 3. The van der Waals surface area contributed by atoms with E-state index in [1.807, 2.05) is 67.6 Å². The van der Waals surface area contributed by atoms with Crippen molar-refractivity contribution in [3.8, 4) is 11.1 Å². The lowest BCUT2D eigenvalue weighted by atomic mass is 10.1. The smallest absolute Gasteiger partial charge is 0.254 e. The number of aromatic nitrogens is 1. The van der Waals surface area contributed by atoms with Gasteiger partial charge in [-0.2, -0.15) is 0 Å². The standard InChI is InChI=1S/C26H26N4O3/c1-19-7-5-6-10-22(19)26(33)30-15-13-29(14-16-30)25(32)17-24(31)28-23-12-11-21(18-27-23)20-8-3-2-4-9-20/h2-12,18H,13-17H2,1H3,(H,27,28,31). The molecule has 0 radical (unpaired) electrons. The number of nitrogens with zero attached hydrogens (tertiary/aromatic N) is 3. The van der Waals surface area contributed by atoms with Crippen LogP contribution in [0.25, 0.3) is 11.1 Å². The Morgan fingerprint density at radius 3 is 2.15 bits per heavy atom. The fourth-order valence-corrected chi connectivity index (χ4v) is 3.85. The summed E-state index contributed by atoms with van der Waals surface area (Å²) in [7, 11) is 0. The molecule has 0 aliphatic carbocycles. The Hall–Kier alpha value is -4.00. The number of hydrogen-bond acceptors (Lipinski definition) is 4. The molecule has 1 saturated heterocycles. The summed E-state index contributed by atoms with van der Waals surface area (Å²) in [6.07, 6.45) is 1.44. The van der Waals surface area contributed by atoms with E-state index in [0.29, 0.717) is 37.6 Å². The summed E-state index contributed by atoms with van der Waals surface area (Å²) in [4.78, 5) is 45.3. The highest BCUT2D eigenvalue weighted by Gasteiger charge is 2.26. The molecular weight excluding hydrogens is 416 g/mol. The molecule has 2 heterocycles. The Morgan fingerprint density at radius 2 is 1.48 bits per heavy atom. The van der Waals surface area contributed by atoms with Crippen molar-refractivity contribution in [1.82, 2.24) is 14.8 Å². The third-order valence-corrected chi connectivity index (χ3v) is 5.74. The molecule has 0 saturated carbocycles. The Bertz CT molecular complexity index is 1140. The quantitative estimate of drug-likeness (QED) is 0.614. The molecule has 4 rings (SSSR count). The molecular formula is C26H26N4O3. The highest BCUT2D eigenvalue weighted by molar-refractivity contribution is 6.03. The van der Waals surface area contributed by atoms with Gasteiger partial charge in [0, 0.05) is 43.5 Å². The van der Waals surface area contributed by atoms with E-state index in [1.54, 1.807) is 22.1 Å². The first-order valence-corrected chi connectivity index (χ1v) is 11.0. The number of carbonyl (C=O) groups is 3. The van der Waals surface area contributed by atoms with Crippen LogP contribution in [-0.4, -0.2) is 58.7 Å². The second-order valence-electron chi connectivity index (χ2n) is 8.01. The van der Waals surface area contributed by atoms with E-state index in [9.17, 15) is 14.4 Å². The summed E-state index contributed by atoms with van der Waals surface area (Å²) in [5.41, 5.74) is 3.60. The van der Waals surface area contributed by atoms with Gasteiger partial charge in [-0.15, -0.1) is 0 Å². The SMILES string of the molecule is Cc1ccccc1C(=O)N1CCN(C(=O)CC(=O)Nc2ccc(-c3ccccc3)cn2)CC1. The van der Waals surface area contributed by atoms with Crippen LogP contribution in [-0.2, 0) is 9.59 Å². The molecule has 3 aromatic rings. The predicted octanol–water partition coefficient (Wildman–Crippen LogP) is 3.37. The lowest BCUT2D eigenvalue weighted by Gasteiger charge is -2.35. The molecule has 0 bridgehead atoms. The number of pyridine rings is 1. The van der Waals surface area contributed by atoms with Gasteiger partial charge in [-0.05, 0) is 36.2 Å². The minimum atomic E-state index is -0.404. The van der Waals surface area contributed by atoms with Crippen LogP contribution >= 0.6 is 0 Å².